The van der Waals surface area contributed by atoms with Gasteiger partial charge in [-0.3, -0.25) is 4.98 Å². The summed E-state index contributed by atoms with van der Waals surface area (Å²) in [5.74, 6) is 1.34. The average Bonchev–Trinajstić information content (AvgIpc) is 3.27. The molecule has 0 bridgehead atoms. The van der Waals surface area contributed by atoms with Gasteiger partial charge in [0.2, 0.25) is 0 Å². The molecule has 0 amide bonds. The van der Waals surface area contributed by atoms with Crippen LogP contribution in [-0.2, 0) is 6.42 Å². The van der Waals surface area contributed by atoms with Crippen LogP contribution in [0.15, 0.2) is 54.7 Å². The molecular weight excluding hydrogens is 232 g/mol. The highest BCUT2D eigenvalue weighted by Gasteiger charge is 2.41. The highest BCUT2D eigenvalue weighted by Crippen LogP contribution is 2.49. The van der Waals surface area contributed by atoms with Crippen LogP contribution >= 0.6 is 0 Å². The molecule has 2 aromatic rings. The number of nitrogens with zero attached hydrogens (tertiary/aromatic N) is 1. The lowest BCUT2D eigenvalue weighted by Crippen LogP contribution is -2.24. The van der Waals surface area contributed by atoms with Crippen molar-refractivity contribution in [3.05, 3.63) is 66.0 Å². The van der Waals surface area contributed by atoms with Crippen molar-refractivity contribution < 1.29 is 0 Å². The first-order valence-electron chi connectivity index (χ1n) is 7.05. The van der Waals surface area contributed by atoms with Crippen molar-refractivity contribution in [2.24, 2.45) is 11.7 Å². The fourth-order valence-electron chi connectivity index (χ4n) is 2.85. The molecule has 1 aromatic heterocycles. The van der Waals surface area contributed by atoms with Crippen LogP contribution in [0.5, 0.6) is 0 Å². The molecule has 2 nitrogen and oxygen atoms in total. The first kappa shape index (κ1) is 12.4. The molecule has 19 heavy (non-hydrogen) atoms. The zero-order valence-electron chi connectivity index (χ0n) is 11.1. The Bertz CT molecular complexity index is 509. The molecule has 3 rings (SSSR count). The highest BCUT2D eigenvalue weighted by molar-refractivity contribution is 5.26. The van der Waals surface area contributed by atoms with Gasteiger partial charge in [-0.2, -0.15) is 0 Å². The van der Waals surface area contributed by atoms with E-state index in [1.54, 1.807) is 0 Å². The summed E-state index contributed by atoms with van der Waals surface area (Å²) < 4.78 is 0. The van der Waals surface area contributed by atoms with Crippen LogP contribution in [0.3, 0.4) is 0 Å². The summed E-state index contributed by atoms with van der Waals surface area (Å²) in [5.41, 5.74) is 8.92. The largest absolute Gasteiger partial charge is 0.327 e. The van der Waals surface area contributed by atoms with E-state index in [2.05, 4.69) is 41.4 Å². The van der Waals surface area contributed by atoms with Crippen molar-refractivity contribution in [2.75, 3.05) is 0 Å². The zero-order chi connectivity index (χ0) is 13.1. The van der Waals surface area contributed by atoms with Gasteiger partial charge in [-0.15, -0.1) is 0 Å². The van der Waals surface area contributed by atoms with Gasteiger partial charge in [0, 0.05) is 17.9 Å². The Morgan fingerprint density at radius 1 is 1.11 bits per heavy atom. The molecule has 0 spiro atoms. The van der Waals surface area contributed by atoms with Gasteiger partial charge in [0.05, 0.1) is 0 Å². The van der Waals surface area contributed by atoms with E-state index in [0.29, 0.717) is 17.9 Å². The van der Waals surface area contributed by atoms with Crippen molar-refractivity contribution in [3.63, 3.8) is 0 Å². The number of hydrogen-bond acceptors (Lipinski definition) is 2. The van der Waals surface area contributed by atoms with Crippen LogP contribution < -0.4 is 5.73 Å². The van der Waals surface area contributed by atoms with E-state index in [1.807, 2.05) is 18.3 Å². The first-order chi connectivity index (χ1) is 9.34. The molecule has 1 heterocycles. The number of rotatable bonds is 5. The van der Waals surface area contributed by atoms with E-state index >= 15 is 0 Å². The fraction of sp³-hybridized carbons (Fsp3) is 0.353. The minimum absolute atomic E-state index is 0.298. The number of aromatic nitrogens is 1. The van der Waals surface area contributed by atoms with Crippen LogP contribution in [0.2, 0.25) is 0 Å². The third kappa shape index (κ3) is 3.02. The minimum Gasteiger partial charge on any atom is -0.327 e. The van der Waals surface area contributed by atoms with Crippen LogP contribution in [-0.4, -0.2) is 11.0 Å². The number of nitrogens with two attached hydrogens (primary N) is 1. The molecule has 3 atom stereocenters. The van der Waals surface area contributed by atoms with Gasteiger partial charge in [-0.25, -0.2) is 0 Å². The van der Waals surface area contributed by atoms with E-state index in [1.165, 1.54) is 12.0 Å². The first-order valence-corrected chi connectivity index (χ1v) is 7.05. The lowest BCUT2D eigenvalue weighted by Gasteiger charge is -2.11. The van der Waals surface area contributed by atoms with Crippen molar-refractivity contribution in [2.45, 2.75) is 31.2 Å². The Hall–Kier alpha value is -1.67. The maximum absolute atomic E-state index is 6.33. The Morgan fingerprint density at radius 3 is 2.63 bits per heavy atom. The van der Waals surface area contributed by atoms with Gasteiger partial charge in [0.25, 0.3) is 0 Å². The van der Waals surface area contributed by atoms with Crippen LogP contribution in [0.25, 0.3) is 0 Å². The zero-order valence-corrected chi connectivity index (χ0v) is 11.1. The summed E-state index contributed by atoms with van der Waals surface area (Å²) in [4.78, 5) is 4.35. The van der Waals surface area contributed by atoms with Gasteiger partial charge in [0.15, 0.2) is 0 Å². The second kappa shape index (κ2) is 5.54. The molecule has 2 heteroatoms. The Labute approximate surface area is 114 Å². The highest BCUT2D eigenvalue weighted by atomic mass is 14.7. The van der Waals surface area contributed by atoms with E-state index in [-0.39, 0.29) is 0 Å². The Morgan fingerprint density at radius 2 is 1.89 bits per heavy atom. The second-order valence-corrected chi connectivity index (χ2v) is 5.44. The number of benzene rings is 1. The molecule has 98 valence electrons. The maximum Gasteiger partial charge on any atom is 0.0404 e. The van der Waals surface area contributed by atoms with Crippen molar-refractivity contribution >= 4 is 0 Å². The number of pyridine rings is 1. The van der Waals surface area contributed by atoms with E-state index in [0.717, 1.165) is 18.5 Å². The molecule has 1 aliphatic carbocycles. The predicted molar refractivity (Wildman–Crippen MR) is 77.8 cm³/mol. The van der Waals surface area contributed by atoms with Crippen molar-refractivity contribution in [1.29, 1.82) is 0 Å². The molecule has 0 radical (unpaired) electrons. The molecular formula is C17H20N2. The van der Waals surface area contributed by atoms with Crippen LogP contribution in [0.1, 0.15) is 30.0 Å². The van der Waals surface area contributed by atoms with Crippen molar-refractivity contribution in [3.8, 4) is 0 Å². The third-order valence-electron chi connectivity index (χ3n) is 4.08. The lowest BCUT2D eigenvalue weighted by molar-refractivity contribution is 0.536. The molecule has 1 fully saturated rings. The van der Waals surface area contributed by atoms with Crippen LogP contribution in [0.4, 0.5) is 0 Å². The monoisotopic (exact) mass is 252 g/mol. The van der Waals surface area contributed by atoms with E-state index < -0.39 is 0 Å². The van der Waals surface area contributed by atoms with Gasteiger partial charge in [-0.05, 0) is 48.8 Å². The Balaban J connectivity index is 1.52. The summed E-state index contributed by atoms with van der Waals surface area (Å²) >= 11 is 0. The van der Waals surface area contributed by atoms with Crippen LogP contribution in [0, 0.1) is 5.92 Å². The quantitative estimate of drug-likeness (QED) is 0.888. The molecule has 3 unspecified atom stereocenters. The topological polar surface area (TPSA) is 38.9 Å². The number of aryl methyl sites for hydroxylation is 1. The number of hydrogen-bond donors (Lipinski definition) is 1. The summed E-state index contributed by atoms with van der Waals surface area (Å²) in [6.45, 7) is 0. The van der Waals surface area contributed by atoms with Gasteiger partial charge >= 0.3 is 0 Å². The standard InChI is InChI=1S/C17H20N2/c18-17(10-9-14-8-4-5-11-19-14)16-12-15(16)13-6-2-1-3-7-13/h1-8,11,15-17H,9-10,12,18H2. The molecule has 2 N–H and O–H groups in total. The average molecular weight is 252 g/mol. The molecule has 0 saturated heterocycles. The summed E-state index contributed by atoms with van der Waals surface area (Å²) in [6.07, 6.45) is 5.11. The normalized spacial score (nSPS) is 23.0. The minimum atomic E-state index is 0.298. The SMILES string of the molecule is NC(CCc1ccccn1)C1CC1c1ccccc1. The van der Waals surface area contributed by atoms with E-state index in [9.17, 15) is 0 Å². The molecule has 1 aromatic carbocycles. The summed E-state index contributed by atoms with van der Waals surface area (Å²) in [7, 11) is 0. The predicted octanol–water partition coefficient (Wildman–Crippen LogP) is 3.15. The maximum atomic E-state index is 6.33. The third-order valence-corrected chi connectivity index (χ3v) is 4.08. The van der Waals surface area contributed by atoms with Gasteiger partial charge < -0.3 is 5.73 Å². The van der Waals surface area contributed by atoms with Gasteiger partial charge in [-0.1, -0.05) is 36.4 Å². The van der Waals surface area contributed by atoms with E-state index in [4.69, 9.17) is 5.73 Å². The Kier molecular flexibility index (Phi) is 3.60. The summed E-state index contributed by atoms with van der Waals surface area (Å²) in [6, 6.07) is 17.1. The second-order valence-electron chi connectivity index (χ2n) is 5.44. The lowest BCUT2D eigenvalue weighted by atomic mass is 10.0. The fourth-order valence-corrected chi connectivity index (χ4v) is 2.85. The molecule has 0 aliphatic heterocycles. The summed E-state index contributed by atoms with van der Waals surface area (Å²) in [5, 5.41) is 0. The molecule has 1 aliphatic rings. The smallest absolute Gasteiger partial charge is 0.0404 e. The van der Waals surface area contributed by atoms with Crippen molar-refractivity contribution in [1.82, 2.24) is 4.98 Å². The molecule has 1 saturated carbocycles. The van der Waals surface area contributed by atoms with Gasteiger partial charge in [0.1, 0.15) is 0 Å².